The summed E-state index contributed by atoms with van der Waals surface area (Å²) < 4.78 is 0. The number of hydrogen-bond donors (Lipinski definition) is 1. The van der Waals surface area contributed by atoms with Gasteiger partial charge in [-0.1, -0.05) is 6.07 Å². The molecule has 1 N–H and O–H groups in total. The fourth-order valence-corrected chi connectivity index (χ4v) is 1.45. The maximum absolute atomic E-state index is 11.8. The molecule has 0 fully saturated rings. The Labute approximate surface area is 109 Å². The molecule has 0 saturated heterocycles. The van der Waals surface area contributed by atoms with Crippen molar-refractivity contribution in [2.24, 2.45) is 0 Å². The topological polar surface area (TPSA) is 45.2 Å². The van der Waals surface area contributed by atoms with Crippen LogP contribution in [0.3, 0.4) is 0 Å². The van der Waals surface area contributed by atoms with Crippen LogP contribution in [0, 0.1) is 0 Å². The van der Waals surface area contributed by atoms with Crippen LogP contribution in [0.5, 0.6) is 0 Å². The van der Waals surface area contributed by atoms with Gasteiger partial charge < -0.3 is 4.90 Å². The molecule has 5 heteroatoms. The van der Waals surface area contributed by atoms with E-state index in [1.54, 1.807) is 25.2 Å². The van der Waals surface area contributed by atoms with Crippen LogP contribution in [0.2, 0.25) is 0 Å². The number of rotatable bonds is 4. The Kier molecular flexibility index (Phi) is 6.13. The average Bonchev–Trinajstić information content (AvgIpc) is 2.27. The second kappa shape index (κ2) is 6.57. The van der Waals surface area contributed by atoms with Crippen LogP contribution < -0.4 is 5.32 Å². The third kappa shape index (κ3) is 4.71. The van der Waals surface area contributed by atoms with Crippen molar-refractivity contribution in [2.75, 3.05) is 14.1 Å². The van der Waals surface area contributed by atoms with Crippen molar-refractivity contribution in [3.05, 3.63) is 30.1 Å². The number of nitrogens with one attached hydrogen (secondary N) is 1. The van der Waals surface area contributed by atoms with E-state index >= 15 is 0 Å². The Hall–Kier alpha value is -1.13. The second-order valence-corrected chi connectivity index (χ2v) is 4.50. The van der Waals surface area contributed by atoms with Gasteiger partial charge in [0.05, 0.1) is 11.2 Å². The zero-order valence-corrected chi connectivity index (χ0v) is 11.5. The van der Waals surface area contributed by atoms with Crippen molar-refractivity contribution in [3.63, 3.8) is 0 Å². The lowest BCUT2D eigenvalue weighted by Crippen LogP contribution is -2.51. The van der Waals surface area contributed by atoms with Crippen molar-refractivity contribution in [3.8, 4) is 0 Å². The van der Waals surface area contributed by atoms with E-state index in [9.17, 15) is 4.79 Å². The summed E-state index contributed by atoms with van der Waals surface area (Å²) in [6, 6.07) is 5.74. The Morgan fingerprint density at radius 2 is 2.06 bits per heavy atom. The third-order valence-corrected chi connectivity index (χ3v) is 2.38. The first-order chi connectivity index (χ1) is 7.43. The third-order valence-electron chi connectivity index (χ3n) is 2.38. The van der Waals surface area contributed by atoms with Gasteiger partial charge in [0.2, 0.25) is 5.91 Å². The highest BCUT2D eigenvalue weighted by molar-refractivity contribution is 5.85. The van der Waals surface area contributed by atoms with Gasteiger partial charge in [0.25, 0.3) is 0 Å². The number of hydrogen-bond acceptors (Lipinski definition) is 3. The largest absolute Gasteiger partial charge is 0.347 e. The van der Waals surface area contributed by atoms with Crippen LogP contribution in [0.15, 0.2) is 24.4 Å². The van der Waals surface area contributed by atoms with E-state index in [0.717, 1.165) is 5.69 Å². The summed E-state index contributed by atoms with van der Waals surface area (Å²) in [6.07, 6.45) is 1.75. The standard InChI is InChI=1S/C12H19N3O.ClH/c1-12(2,11(16)15(3)4)14-9-10-7-5-6-8-13-10;/h5-8,14H,9H2,1-4H3;1H. The fourth-order valence-electron chi connectivity index (χ4n) is 1.45. The molecule has 0 atom stereocenters. The summed E-state index contributed by atoms with van der Waals surface area (Å²) in [5.74, 6) is 0.0587. The number of aromatic nitrogens is 1. The minimum absolute atomic E-state index is 0. The van der Waals surface area contributed by atoms with E-state index in [0.29, 0.717) is 6.54 Å². The minimum Gasteiger partial charge on any atom is -0.347 e. The van der Waals surface area contributed by atoms with Gasteiger partial charge in [-0.2, -0.15) is 0 Å². The number of carbonyl (C=O) groups excluding carboxylic acids is 1. The van der Waals surface area contributed by atoms with Crippen molar-refractivity contribution < 1.29 is 4.79 Å². The monoisotopic (exact) mass is 257 g/mol. The molecule has 1 rings (SSSR count). The molecule has 0 radical (unpaired) electrons. The van der Waals surface area contributed by atoms with E-state index < -0.39 is 5.54 Å². The zero-order chi connectivity index (χ0) is 12.2. The number of likely N-dealkylation sites (N-methyl/N-ethyl adjacent to an activating group) is 1. The number of carbonyl (C=O) groups is 1. The molecule has 0 bridgehead atoms. The van der Waals surface area contributed by atoms with E-state index in [1.165, 1.54) is 0 Å². The molecule has 96 valence electrons. The molecule has 1 aromatic rings. The van der Waals surface area contributed by atoms with Gasteiger partial charge in [-0.25, -0.2) is 0 Å². The first kappa shape index (κ1) is 15.9. The Balaban J connectivity index is 0.00000256. The van der Waals surface area contributed by atoms with Crippen molar-refractivity contribution in [2.45, 2.75) is 25.9 Å². The molecule has 0 aromatic carbocycles. The maximum atomic E-state index is 11.8. The average molecular weight is 258 g/mol. The highest BCUT2D eigenvalue weighted by Crippen LogP contribution is 2.07. The van der Waals surface area contributed by atoms with Gasteiger partial charge in [0, 0.05) is 26.8 Å². The first-order valence-corrected chi connectivity index (χ1v) is 5.30. The smallest absolute Gasteiger partial charge is 0.241 e. The molecule has 4 nitrogen and oxygen atoms in total. The lowest BCUT2D eigenvalue weighted by atomic mass is 10.0. The summed E-state index contributed by atoms with van der Waals surface area (Å²) >= 11 is 0. The van der Waals surface area contributed by atoms with Crippen LogP contribution >= 0.6 is 12.4 Å². The molecular weight excluding hydrogens is 238 g/mol. The Morgan fingerprint density at radius 3 is 2.53 bits per heavy atom. The highest BCUT2D eigenvalue weighted by Gasteiger charge is 2.28. The molecule has 0 aliphatic rings. The molecule has 0 unspecified atom stereocenters. The number of pyridine rings is 1. The number of nitrogens with zero attached hydrogens (tertiary/aromatic N) is 2. The van der Waals surface area contributed by atoms with Crippen LogP contribution in [0.4, 0.5) is 0 Å². The SMILES string of the molecule is CN(C)C(=O)C(C)(C)NCc1ccccn1.Cl. The molecule has 1 heterocycles. The number of halogens is 1. The van der Waals surface area contributed by atoms with Gasteiger partial charge in [-0.15, -0.1) is 12.4 Å². The van der Waals surface area contributed by atoms with Crippen molar-refractivity contribution in [1.82, 2.24) is 15.2 Å². The Bertz CT molecular complexity index is 352. The van der Waals surface area contributed by atoms with Crippen molar-refractivity contribution in [1.29, 1.82) is 0 Å². The first-order valence-electron chi connectivity index (χ1n) is 5.30. The van der Waals surface area contributed by atoms with E-state index in [1.807, 2.05) is 32.0 Å². The molecule has 0 aliphatic heterocycles. The van der Waals surface area contributed by atoms with E-state index in [2.05, 4.69) is 10.3 Å². The quantitative estimate of drug-likeness (QED) is 0.888. The van der Waals surface area contributed by atoms with Crippen LogP contribution in [0.1, 0.15) is 19.5 Å². The summed E-state index contributed by atoms with van der Waals surface area (Å²) in [5, 5.41) is 3.20. The predicted molar refractivity (Wildman–Crippen MR) is 71.1 cm³/mol. The summed E-state index contributed by atoms with van der Waals surface area (Å²) in [7, 11) is 3.51. The van der Waals surface area contributed by atoms with Gasteiger partial charge in [-0.05, 0) is 26.0 Å². The van der Waals surface area contributed by atoms with Crippen LogP contribution in [0.25, 0.3) is 0 Å². The molecular formula is C12H20ClN3O. The fraction of sp³-hybridized carbons (Fsp3) is 0.500. The van der Waals surface area contributed by atoms with Gasteiger partial charge >= 0.3 is 0 Å². The summed E-state index contributed by atoms with van der Waals surface area (Å²) in [6.45, 7) is 4.34. The molecule has 1 amide bonds. The number of amides is 1. The lowest BCUT2D eigenvalue weighted by Gasteiger charge is -2.28. The molecule has 1 aromatic heterocycles. The minimum atomic E-state index is -0.568. The molecule has 0 spiro atoms. The van der Waals surface area contributed by atoms with Crippen LogP contribution in [-0.2, 0) is 11.3 Å². The molecule has 17 heavy (non-hydrogen) atoms. The van der Waals surface area contributed by atoms with Gasteiger partial charge in [0.15, 0.2) is 0 Å². The van der Waals surface area contributed by atoms with Crippen LogP contribution in [-0.4, -0.2) is 35.4 Å². The molecule has 0 saturated carbocycles. The predicted octanol–water partition coefficient (Wildman–Crippen LogP) is 1.46. The van der Waals surface area contributed by atoms with Gasteiger partial charge in [-0.3, -0.25) is 15.1 Å². The maximum Gasteiger partial charge on any atom is 0.241 e. The lowest BCUT2D eigenvalue weighted by molar-refractivity contribution is -0.134. The summed E-state index contributed by atoms with van der Waals surface area (Å²) in [5.41, 5.74) is 0.364. The van der Waals surface area contributed by atoms with Crippen molar-refractivity contribution >= 4 is 18.3 Å². The second-order valence-electron chi connectivity index (χ2n) is 4.50. The molecule has 0 aliphatic carbocycles. The normalized spacial score (nSPS) is 10.6. The zero-order valence-electron chi connectivity index (χ0n) is 10.7. The summed E-state index contributed by atoms with van der Waals surface area (Å²) in [4.78, 5) is 17.6. The van der Waals surface area contributed by atoms with E-state index in [-0.39, 0.29) is 18.3 Å². The Morgan fingerprint density at radius 1 is 1.41 bits per heavy atom. The highest BCUT2D eigenvalue weighted by atomic mass is 35.5. The van der Waals surface area contributed by atoms with Gasteiger partial charge in [0.1, 0.15) is 0 Å². The van der Waals surface area contributed by atoms with E-state index in [4.69, 9.17) is 0 Å².